The first-order chi connectivity index (χ1) is 30.4. The molecule has 0 saturated heterocycles. The van der Waals surface area contributed by atoms with Crippen molar-refractivity contribution in [3.8, 4) is 0 Å². The lowest BCUT2D eigenvalue weighted by molar-refractivity contribution is -0.149. The third-order valence-corrected chi connectivity index (χ3v) is 12.7. The van der Waals surface area contributed by atoms with E-state index >= 15 is 0 Å². The van der Waals surface area contributed by atoms with E-state index in [0.717, 1.165) is 103 Å². The molecule has 0 saturated carbocycles. The standard InChI is InChI=1S/C29H59NO4.2C13H26O/c1-3-30(4-2)24-21-27-34-29(33)28(22-17-13-9-5-7-11-15-19-25-31)23-18-14-10-6-8-12-16-20-26-32;2*1-3-5-7-9-13(11-12-14)10-8-6-4-2/h28,31-32H,3-27H2,1-2H3;2*12-13H,3-11H2,1-2H3. The number of unbranched alkanes of at least 4 members (excludes halogenated alkanes) is 22. The van der Waals surface area contributed by atoms with E-state index in [4.69, 9.17) is 14.9 Å². The van der Waals surface area contributed by atoms with Crippen molar-refractivity contribution < 1.29 is 29.3 Å². The van der Waals surface area contributed by atoms with Crippen LogP contribution in [0, 0.1) is 17.8 Å². The van der Waals surface area contributed by atoms with Gasteiger partial charge in [0.25, 0.3) is 0 Å². The minimum absolute atomic E-state index is 0.0348. The molecule has 0 heterocycles. The summed E-state index contributed by atoms with van der Waals surface area (Å²) in [7, 11) is 0. The van der Waals surface area contributed by atoms with Gasteiger partial charge in [-0.15, -0.1) is 0 Å². The second-order valence-corrected chi connectivity index (χ2v) is 18.4. The predicted molar refractivity (Wildman–Crippen MR) is 269 cm³/mol. The molecule has 0 fully saturated rings. The average molecular weight is 882 g/mol. The second kappa shape index (κ2) is 57.7. The molecule has 0 aromatic heterocycles. The quantitative estimate of drug-likeness (QED) is 0.0356. The number of ether oxygens (including phenoxy) is 1. The van der Waals surface area contributed by atoms with Gasteiger partial charge in [-0.2, -0.15) is 0 Å². The summed E-state index contributed by atoms with van der Waals surface area (Å²) in [6.07, 6.45) is 46.1. The largest absolute Gasteiger partial charge is 0.465 e. The Morgan fingerprint density at radius 2 is 0.742 bits per heavy atom. The van der Waals surface area contributed by atoms with Crippen LogP contribution in [0.4, 0.5) is 0 Å². The van der Waals surface area contributed by atoms with Gasteiger partial charge in [0.2, 0.25) is 0 Å². The predicted octanol–water partition coefficient (Wildman–Crippen LogP) is 15.6. The molecule has 0 aromatic carbocycles. The highest BCUT2D eigenvalue weighted by atomic mass is 16.5. The molecule has 0 aliphatic carbocycles. The number of esters is 1. The number of hydrogen-bond acceptors (Lipinski definition) is 7. The number of aldehydes is 2. The van der Waals surface area contributed by atoms with Gasteiger partial charge in [0.05, 0.1) is 12.5 Å². The average Bonchev–Trinajstić information content (AvgIpc) is 3.28. The maximum absolute atomic E-state index is 12.8. The molecule has 7 heteroatoms. The molecular weight excluding hydrogens is 771 g/mol. The van der Waals surface area contributed by atoms with Crippen LogP contribution >= 0.6 is 0 Å². The van der Waals surface area contributed by atoms with Gasteiger partial charge < -0.3 is 29.4 Å². The molecule has 0 aromatic rings. The zero-order chi connectivity index (χ0) is 46.4. The van der Waals surface area contributed by atoms with Gasteiger partial charge in [0, 0.05) is 32.6 Å². The molecule has 7 nitrogen and oxygen atoms in total. The van der Waals surface area contributed by atoms with E-state index in [2.05, 4.69) is 46.4 Å². The monoisotopic (exact) mass is 882 g/mol. The number of aliphatic hydroxyl groups is 2. The Kier molecular flexibility index (Phi) is 60.5. The Morgan fingerprint density at radius 3 is 1.03 bits per heavy atom. The van der Waals surface area contributed by atoms with Crippen molar-refractivity contribution in [1.29, 1.82) is 0 Å². The first-order valence-corrected chi connectivity index (χ1v) is 27.4. The van der Waals surface area contributed by atoms with Crippen molar-refractivity contribution in [2.24, 2.45) is 17.8 Å². The summed E-state index contributed by atoms with van der Waals surface area (Å²) >= 11 is 0. The number of aliphatic hydroxyl groups excluding tert-OH is 2. The maximum Gasteiger partial charge on any atom is 0.308 e. The maximum atomic E-state index is 12.8. The van der Waals surface area contributed by atoms with Crippen LogP contribution in [0.5, 0.6) is 0 Å². The molecular formula is C55H111NO6. The Bertz CT molecular complexity index is 780. The highest BCUT2D eigenvalue weighted by Gasteiger charge is 2.19. The molecule has 0 unspecified atom stereocenters. The summed E-state index contributed by atoms with van der Waals surface area (Å²) < 4.78 is 5.70. The number of nitrogens with zero attached hydrogens (tertiary/aromatic N) is 1. The third kappa shape index (κ3) is 51.3. The summed E-state index contributed by atoms with van der Waals surface area (Å²) in [4.78, 5) is 36.1. The fourth-order valence-electron chi connectivity index (χ4n) is 8.39. The lowest BCUT2D eigenvalue weighted by Gasteiger charge is -2.19. The fourth-order valence-corrected chi connectivity index (χ4v) is 8.39. The van der Waals surface area contributed by atoms with E-state index in [1.807, 2.05) is 0 Å². The fraction of sp³-hybridized carbons (Fsp3) is 0.945. The Hall–Kier alpha value is -1.31. The number of carbonyl (C=O) groups excluding carboxylic acids is 3. The van der Waals surface area contributed by atoms with Crippen LogP contribution < -0.4 is 0 Å². The Morgan fingerprint density at radius 1 is 0.435 bits per heavy atom. The third-order valence-electron chi connectivity index (χ3n) is 12.7. The Balaban J connectivity index is -0.00000101. The molecule has 0 amide bonds. The summed E-state index contributed by atoms with van der Waals surface area (Å²) in [5.74, 6) is 1.45. The van der Waals surface area contributed by atoms with Gasteiger partial charge in [-0.05, 0) is 57.0 Å². The molecule has 0 spiro atoms. The van der Waals surface area contributed by atoms with E-state index < -0.39 is 0 Å². The van der Waals surface area contributed by atoms with Crippen molar-refractivity contribution in [2.75, 3.05) is 39.5 Å². The van der Waals surface area contributed by atoms with Gasteiger partial charge in [-0.3, -0.25) is 4.79 Å². The molecule has 62 heavy (non-hydrogen) atoms. The van der Waals surface area contributed by atoms with Crippen LogP contribution in [-0.4, -0.2) is 73.1 Å². The van der Waals surface area contributed by atoms with E-state index in [1.54, 1.807) is 0 Å². The SMILES string of the molecule is CCCCCC(CC=O)CCCCC.CCCCCC(CC=O)CCCCC.CCN(CC)CCCOC(=O)C(CCCCCCCCCCO)CCCCCCCCCCO. The summed E-state index contributed by atoms with van der Waals surface area (Å²) in [5, 5.41) is 17.7. The van der Waals surface area contributed by atoms with Crippen molar-refractivity contribution >= 4 is 18.5 Å². The van der Waals surface area contributed by atoms with Crippen LogP contribution in [0.2, 0.25) is 0 Å². The van der Waals surface area contributed by atoms with Crippen molar-refractivity contribution in [2.45, 2.75) is 279 Å². The number of hydrogen-bond donors (Lipinski definition) is 2. The van der Waals surface area contributed by atoms with Gasteiger partial charge in [0.15, 0.2) is 0 Å². The highest BCUT2D eigenvalue weighted by molar-refractivity contribution is 5.72. The lowest BCUT2D eigenvalue weighted by atomic mass is 9.93. The molecule has 0 rings (SSSR count). The molecule has 0 bridgehead atoms. The van der Waals surface area contributed by atoms with Crippen LogP contribution in [0.15, 0.2) is 0 Å². The zero-order valence-corrected chi connectivity index (χ0v) is 42.8. The topological polar surface area (TPSA) is 104 Å². The van der Waals surface area contributed by atoms with Gasteiger partial charge >= 0.3 is 5.97 Å². The minimum Gasteiger partial charge on any atom is -0.465 e. The van der Waals surface area contributed by atoms with Crippen LogP contribution in [-0.2, 0) is 19.1 Å². The molecule has 0 radical (unpaired) electrons. The second-order valence-electron chi connectivity index (χ2n) is 18.4. The lowest BCUT2D eigenvalue weighted by Crippen LogP contribution is -2.26. The van der Waals surface area contributed by atoms with E-state index in [9.17, 15) is 14.4 Å². The van der Waals surface area contributed by atoms with Gasteiger partial charge in [0.1, 0.15) is 12.6 Å². The van der Waals surface area contributed by atoms with Crippen molar-refractivity contribution in [3.63, 3.8) is 0 Å². The number of rotatable bonds is 47. The summed E-state index contributed by atoms with van der Waals surface area (Å²) in [5.41, 5.74) is 0. The zero-order valence-electron chi connectivity index (χ0n) is 42.8. The molecule has 0 aliphatic heterocycles. The number of carbonyl (C=O) groups is 3. The first-order valence-electron chi connectivity index (χ1n) is 27.4. The van der Waals surface area contributed by atoms with Crippen LogP contribution in [0.1, 0.15) is 279 Å². The van der Waals surface area contributed by atoms with E-state index in [-0.39, 0.29) is 11.9 Å². The van der Waals surface area contributed by atoms with Crippen molar-refractivity contribution in [3.05, 3.63) is 0 Å². The Labute approximate surface area is 387 Å². The van der Waals surface area contributed by atoms with Crippen LogP contribution in [0.3, 0.4) is 0 Å². The van der Waals surface area contributed by atoms with E-state index in [0.29, 0.717) is 31.7 Å². The summed E-state index contributed by atoms with van der Waals surface area (Å²) in [6.45, 7) is 17.6. The smallest absolute Gasteiger partial charge is 0.308 e. The molecule has 372 valence electrons. The molecule has 2 N–H and O–H groups in total. The first kappa shape index (κ1) is 65.0. The molecule has 0 aliphatic rings. The van der Waals surface area contributed by atoms with Crippen molar-refractivity contribution in [1.82, 2.24) is 4.90 Å². The van der Waals surface area contributed by atoms with E-state index in [1.165, 1.54) is 167 Å². The minimum atomic E-state index is 0.0348. The normalized spacial score (nSPS) is 11.2. The highest BCUT2D eigenvalue weighted by Crippen LogP contribution is 2.23. The summed E-state index contributed by atoms with van der Waals surface area (Å²) in [6, 6.07) is 0. The van der Waals surface area contributed by atoms with Gasteiger partial charge in [-0.1, -0.05) is 234 Å². The van der Waals surface area contributed by atoms with Gasteiger partial charge in [-0.25, -0.2) is 0 Å². The van der Waals surface area contributed by atoms with Crippen LogP contribution in [0.25, 0.3) is 0 Å². The molecule has 0 atom stereocenters.